The van der Waals surface area contributed by atoms with Gasteiger partial charge in [-0.25, -0.2) is 4.39 Å². The molecule has 0 aliphatic rings. The van der Waals surface area contributed by atoms with Crippen molar-refractivity contribution in [3.05, 3.63) is 65.9 Å². The molecule has 0 saturated heterocycles. The first kappa shape index (κ1) is 11.5. The molecule has 92 valence electrons. The third-order valence-corrected chi connectivity index (χ3v) is 2.77. The molecule has 0 saturated carbocycles. The minimum atomic E-state index is -0.281. The summed E-state index contributed by atoms with van der Waals surface area (Å²) >= 11 is 0. The van der Waals surface area contributed by atoms with Crippen LogP contribution in [0.2, 0.25) is 0 Å². The Morgan fingerprint density at radius 1 is 1.05 bits per heavy atom. The zero-order valence-corrected chi connectivity index (χ0v) is 9.99. The monoisotopic (exact) mass is 251 g/mol. The Hall–Kier alpha value is -2.62. The summed E-state index contributed by atoms with van der Waals surface area (Å²) in [6, 6.07) is 8.28. The summed E-state index contributed by atoms with van der Waals surface area (Å²) in [4.78, 5) is 4.03. The molecule has 0 N–H and O–H groups in total. The first-order chi connectivity index (χ1) is 9.33. The Labute approximate surface area is 109 Å². The van der Waals surface area contributed by atoms with Gasteiger partial charge in [0.25, 0.3) is 0 Å². The van der Waals surface area contributed by atoms with Gasteiger partial charge in [-0.05, 0) is 29.8 Å². The smallest absolute Gasteiger partial charge is 0.123 e. The maximum Gasteiger partial charge on any atom is 0.123 e. The standard InChI is InChI=1S/C15H10FN3/c16-13-5-6-15-14(8-13)12(10-18-19-15)4-3-11-2-1-7-17-9-11/h1-10H/b4-3+. The molecule has 4 heteroatoms. The molecule has 19 heavy (non-hydrogen) atoms. The van der Waals surface area contributed by atoms with E-state index in [-0.39, 0.29) is 5.82 Å². The predicted molar refractivity (Wildman–Crippen MR) is 72.7 cm³/mol. The Balaban J connectivity index is 2.06. The van der Waals surface area contributed by atoms with Gasteiger partial charge in [-0.15, -0.1) is 0 Å². The lowest BCUT2D eigenvalue weighted by Crippen LogP contribution is -1.88. The van der Waals surface area contributed by atoms with Gasteiger partial charge in [-0.1, -0.05) is 18.2 Å². The molecule has 0 fully saturated rings. The SMILES string of the molecule is Fc1ccc2nncc(/C=C/c3cccnc3)c2c1. The van der Waals surface area contributed by atoms with Crippen LogP contribution < -0.4 is 0 Å². The molecule has 1 aromatic carbocycles. The highest BCUT2D eigenvalue weighted by molar-refractivity contribution is 5.89. The predicted octanol–water partition coefficient (Wildman–Crippen LogP) is 3.33. The van der Waals surface area contributed by atoms with Crippen molar-refractivity contribution in [1.29, 1.82) is 0 Å². The van der Waals surface area contributed by atoms with Crippen molar-refractivity contribution in [3.8, 4) is 0 Å². The van der Waals surface area contributed by atoms with Crippen molar-refractivity contribution in [2.75, 3.05) is 0 Å². The first-order valence-electron chi connectivity index (χ1n) is 5.82. The summed E-state index contributed by atoms with van der Waals surface area (Å²) in [5.74, 6) is -0.281. The maximum atomic E-state index is 13.3. The maximum absolute atomic E-state index is 13.3. The Kier molecular flexibility index (Phi) is 2.98. The van der Waals surface area contributed by atoms with Gasteiger partial charge in [0, 0.05) is 23.3 Å². The third-order valence-electron chi connectivity index (χ3n) is 2.77. The number of nitrogens with zero attached hydrogens (tertiary/aromatic N) is 3. The lowest BCUT2D eigenvalue weighted by atomic mass is 10.1. The quantitative estimate of drug-likeness (QED) is 0.701. The molecule has 0 spiro atoms. The average molecular weight is 251 g/mol. The van der Waals surface area contributed by atoms with Gasteiger partial charge in [-0.3, -0.25) is 4.98 Å². The van der Waals surface area contributed by atoms with Crippen LogP contribution in [0.25, 0.3) is 23.1 Å². The fourth-order valence-electron chi connectivity index (χ4n) is 1.84. The van der Waals surface area contributed by atoms with Crippen molar-refractivity contribution in [2.24, 2.45) is 0 Å². The minimum Gasteiger partial charge on any atom is -0.264 e. The topological polar surface area (TPSA) is 38.7 Å². The summed E-state index contributed by atoms with van der Waals surface area (Å²) in [5, 5.41) is 8.64. The van der Waals surface area contributed by atoms with Crippen LogP contribution in [0.5, 0.6) is 0 Å². The number of hydrogen-bond acceptors (Lipinski definition) is 3. The zero-order chi connectivity index (χ0) is 13.1. The van der Waals surface area contributed by atoms with Crippen molar-refractivity contribution in [1.82, 2.24) is 15.2 Å². The largest absolute Gasteiger partial charge is 0.264 e. The van der Waals surface area contributed by atoms with Crippen molar-refractivity contribution < 1.29 is 4.39 Å². The van der Waals surface area contributed by atoms with E-state index in [1.165, 1.54) is 12.1 Å². The number of rotatable bonds is 2. The molecule has 0 atom stereocenters. The van der Waals surface area contributed by atoms with E-state index in [1.807, 2.05) is 24.3 Å². The Morgan fingerprint density at radius 2 is 2.00 bits per heavy atom. The fraction of sp³-hybridized carbons (Fsp3) is 0. The van der Waals surface area contributed by atoms with Gasteiger partial charge in [0.1, 0.15) is 5.82 Å². The van der Waals surface area contributed by atoms with Crippen LogP contribution in [-0.4, -0.2) is 15.2 Å². The molecule has 0 unspecified atom stereocenters. The molecule has 2 aromatic heterocycles. The molecule has 0 amide bonds. The van der Waals surface area contributed by atoms with Crippen molar-refractivity contribution >= 4 is 23.1 Å². The molecule has 0 bridgehead atoms. The number of aromatic nitrogens is 3. The van der Waals surface area contributed by atoms with E-state index in [1.54, 1.807) is 24.7 Å². The first-order valence-corrected chi connectivity index (χ1v) is 5.82. The number of pyridine rings is 1. The normalized spacial score (nSPS) is 11.2. The highest BCUT2D eigenvalue weighted by Gasteiger charge is 2.01. The highest BCUT2D eigenvalue weighted by atomic mass is 19.1. The van der Waals surface area contributed by atoms with Crippen LogP contribution in [0, 0.1) is 5.82 Å². The van der Waals surface area contributed by atoms with Gasteiger partial charge in [0.05, 0.1) is 11.7 Å². The lowest BCUT2D eigenvalue weighted by molar-refractivity contribution is 0.629. The molecule has 3 rings (SSSR count). The average Bonchev–Trinajstić information content (AvgIpc) is 2.46. The van der Waals surface area contributed by atoms with E-state index in [4.69, 9.17) is 0 Å². The van der Waals surface area contributed by atoms with Crippen LogP contribution >= 0.6 is 0 Å². The molecular formula is C15H10FN3. The van der Waals surface area contributed by atoms with Crippen molar-refractivity contribution in [3.63, 3.8) is 0 Å². The minimum absolute atomic E-state index is 0.281. The van der Waals surface area contributed by atoms with E-state index < -0.39 is 0 Å². The third kappa shape index (κ3) is 2.47. The summed E-state index contributed by atoms with van der Waals surface area (Å²) in [5.41, 5.74) is 2.48. The Morgan fingerprint density at radius 3 is 2.84 bits per heavy atom. The van der Waals surface area contributed by atoms with Crippen LogP contribution in [0.3, 0.4) is 0 Å². The zero-order valence-electron chi connectivity index (χ0n) is 9.99. The number of halogens is 1. The van der Waals surface area contributed by atoms with Crippen LogP contribution in [0.4, 0.5) is 4.39 Å². The molecule has 0 radical (unpaired) electrons. The number of fused-ring (bicyclic) bond motifs is 1. The molecule has 2 heterocycles. The summed E-state index contributed by atoms with van der Waals surface area (Å²) in [7, 11) is 0. The summed E-state index contributed by atoms with van der Waals surface area (Å²) in [6.07, 6.45) is 8.89. The molecule has 0 aliphatic heterocycles. The van der Waals surface area contributed by atoms with E-state index in [0.717, 1.165) is 16.5 Å². The molecular weight excluding hydrogens is 241 g/mol. The number of benzene rings is 1. The molecule has 3 aromatic rings. The fourth-order valence-corrected chi connectivity index (χ4v) is 1.84. The van der Waals surface area contributed by atoms with Gasteiger partial charge < -0.3 is 0 Å². The van der Waals surface area contributed by atoms with Gasteiger partial charge >= 0.3 is 0 Å². The second-order valence-electron chi connectivity index (χ2n) is 4.08. The van der Waals surface area contributed by atoms with Crippen LogP contribution in [0.1, 0.15) is 11.1 Å². The summed E-state index contributed by atoms with van der Waals surface area (Å²) in [6.45, 7) is 0. The second-order valence-corrected chi connectivity index (χ2v) is 4.08. The van der Waals surface area contributed by atoms with Crippen molar-refractivity contribution in [2.45, 2.75) is 0 Å². The van der Waals surface area contributed by atoms with Crippen LogP contribution in [0.15, 0.2) is 48.9 Å². The van der Waals surface area contributed by atoms with E-state index in [9.17, 15) is 4.39 Å². The van der Waals surface area contributed by atoms with E-state index >= 15 is 0 Å². The van der Waals surface area contributed by atoms with E-state index in [2.05, 4.69) is 15.2 Å². The number of hydrogen-bond donors (Lipinski definition) is 0. The second kappa shape index (κ2) is 4.94. The molecule has 3 nitrogen and oxygen atoms in total. The van der Waals surface area contributed by atoms with Gasteiger partial charge in [-0.2, -0.15) is 10.2 Å². The Bertz CT molecular complexity index is 739. The molecule has 0 aliphatic carbocycles. The van der Waals surface area contributed by atoms with Gasteiger partial charge in [0.15, 0.2) is 0 Å². The van der Waals surface area contributed by atoms with E-state index in [0.29, 0.717) is 5.52 Å². The van der Waals surface area contributed by atoms with Crippen LogP contribution in [-0.2, 0) is 0 Å². The lowest BCUT2D eigenvalue weighted by Gasteiger charge is -2.00. The summed E-state index contributed by atoms with van der Waals surface area (Å²) < 4.78 is 13.3. The van der Waals surface area contributed by atoms with Gasteiger partial charge in [0.2, 0.25) is 0 Å². The highest BCUT2D eigenvalue weighted by Crippen LogP contribution is 2.19.